The van der Waals surface area contributed by atoms with Crippen LogP contribution in [-0.2, 0) is 16.4 Å². The van der Waals surface area contributed by atoms with Crippen molar-refractivity contribution in [3.05, 3.63) is 17.0 Å². The van der Waals surface area contributed by atoms with E-state index in [1.54, 1.807) is 6.07 Å². The van der Waals surface area contributed by atoms with Crippen molar-refractivity contribution in [1.29, 1.82) is 0 Å². The number of rotatable bonds is 10. The lowest BCUT2D eigenvalue weighted by Gasteiger charge is -2.15. The fourth-order valence-corrected chi connectivity index (χ4v) is 4.57. The quantitative estimate of drug-likeness (QED) is 0.634. The molecule has 0 amide bonds. The lowest BCUT2D eigenvalue weighted by molar-refractivity contribution is 0.329. The summed E-state index contributed by atoms with van der Waals surface area (Å²) in [6.07, 6.45) is 3.35. The van der Waals surface area contributed by atoms with Crippen molar-refractivity contribution in [2.75, 3.05) is 33.2 Å². The Labute approximate surface area is 131 Å². The van der Waals surface area contributed by atoms with Crippen molar-refractivity contribution >= 4 is 21.4 Å². The van der Waals surface area contributed by atoms with E-state index in [1.165, 1.54) is 24.2 Å². The Hall–Kier alpha value is -0.470. The summed E-state index contributed by atoms with van der Waals surface area (Å²) in [5, 5.41) is 3.24. The van der Waals surface area contributed by atoms with Crippen molar-refractivity contribution in [2.45, 2.75) is 36.4 Å². The summed E-state index contributed by atoms with van der Waals surface area (Å²) >= 11 is 1.36. The smallest absolute Gasteiger partial charge is 0.250 e. The van der Waals surface area contributed by atoms with E-state index >= 15 is 0 Å². The molecule has 1 heterocycles. The summed E-state index contributed by atoms with van der Waals surface area (Å²) in [5.41, 5.74) is 0. The first-order chi connectivity index (χ1) is 10.0. The molecular formula is C14H25N3O2S2. The minimum atomic E-state index is -3.35. The van der Waals surface area contributed by atoms with Crippen LogP contribution >= 0.6 is 11.3 Å². The summed E-state index contributed by atoms with van der Waals surface area (Å²) in [7, 11) is -1.30. The summed E-state index contributed by atoms with van der Waals surface area (Å²) in [6, 6.07) is 4.28. The topological polar surface area (TPSA) is 61.4 Å². The molecule has 1 fully saturated rings. The highest BCUT2D eigenvalue weighted by molar-refractivity contribution is 7.91. The number of nitrogens with zero attached hydrogens (tertiary/aromatic N) is 1. The number of hydrogen-bond acceptors (Lipinski definition) is 5. The molecule has 0 atom stereocenters. The van der Waals surface area contributed by atoms with Crippen molar-refractivity contribution in [2.24, 2.45) is 0 Å². The molecule has 1 aliphatic carbocycles. The fraction of sp³-hybridized carbons (Fsp3) is 0.714. The van der Waals surface area contributed by atoms with Crippen LogP contribution in [0.25, 0.3) is 0 Å². The van der Waals surface area contributed by atoms with Crippen molar-refractivity contribution in [3.63, 3.8) is 0 Å². The molecule has 0 saturated heterocycles. The molecule has 120 valence electrons. The molecule has 1 saturated carbocycles. The van der Waals surface area contributed by atoms with Gasteiger partial charge in [-0.05, 0) is 51.5 Å². The second kappa shape index (κ2) is 7.69. The Bertz CT molecular complexity index is 538. The maximum absolute atomic E-state index is 12.2. The second-order valence-corrected chi connectivity index (χ2v) is 8.60. The number of hydrogen-bond donors (Lipinski definition) is 2. The third-order valence-corrected chi connectivity index (χ3v) is 6.72. The van der Waals surface area contributed by atoms with Gasteiger partial charge in [-0.25, -0.2) is 13.1 Å². The standard InChI is InChI=1S/C14H25N3O2S2/c1-3-15-9-8-13-6-7-14(20-13)21(18,19)16-10-11-17(2)12-4-5-12/h6-7,12,15-16H,3-5,8-11H2,1-2H3. The first kappa shape index (κ1) is 16.9. The van der Waals surface area contributed by atoms with Gasteiger partial charge in [0, 0.05) is 24.0 Å². The van der Waals surface area contributed by atoms with Gasteiger partial charge in [0.25, 0.3) is 0 Å². The van der Waals surface area contributed by atoms with Crippen LogP contribution in [0.15, 0.2) is 16.3 Å². The first-order valence-electron chi connectivity index (χ1n) is 7.52. The van der Waals surface area contributed by atoms with Gasteiger partial charge >= 0.3 is 0 Å². The van der Waals surface area contributed by atoms with E-state index in [-0.39, 0.29) is 0 Å². The number of thiophene rings is 1. The van der Waals surface area contributed by atoms with E-state index in [9.17, 15) is 8.42 Å². The van der Waals surface area contributed by atoms with Gasteiger partial charge in [0.15, 0.2) is 0 Å². The minimum absolute atomic E-state index is 0.420. The number of likely N-dealkylation sites (N-methyl/N-ethyl adjacent to an activating group) is 2. The van der Waals surface area contributed by atoms with E-state index in [0.29, 0.717) is 16.8 Å². The largest absolute Gasteiger partial charge is 0.317 e. The van der Waals surface area contributed by atoms with Gasteiger partial charge < -0.3 is 10.2 Å². The monoisotopic (exact) mass is 331 g/mol. The third kappa shape index (κ3) is 5.34. The Morgan fingerprint density at radius 2 is 2.10 bits per heavy atom. The van der Waals surface area contributed by atoms with Gasteiger partial charge in [-0.15, -0.1) is 11.3 Å². The Morgan fingerprint density at radius 1 is 1.33 bits per heavy atom. The van der Waals surface area contributed by atoms with Crippen LogP contribution in [0.5, 0.6) is 0 Å². The first-order valence-corrected chi connectivity index (χ1v) is 9.82. The Balaban J connectivity index is 1.80. The van der Waals surface area contributed by atoms with E-state index < -0.39 is 10.0 Å². The van der Waals surface area contributed by atoms with E-state index in [0.717, 1.165) is 30.9 Å². The minimum Gasteiger partial charge on any atom is -0.317 e. The average molecular weight is 332 g/mol. The maximum atomic E-state index is 12.2. The summed E-state index contributed by atoms with van der Waals surface area (Å²) in [5.74, 6) is 0. The van der Waals surface area contributed by atoms with Crippen LogP contribution in [0.4, 0.5) is 0 Å². The predicted octanol–water partition coefficient (Wildman–Crippen LogP) is 1.27. The number of nitrogens with one attached hydrogen (secondary N) is 2. The van der Waals surface area contributed by atoms with Crippen LogP contribution in [0.3, 0.4) is 0 Å². The van der Waals surface area contributed by atoms with Gasteiger partial charge in [-0.2, -0.15) is 0 Å². The van der Waals surface area contributed by atoms with E-state index in [4.69, 9.17) is 0 Å². The molecule has 0 aliphatic heterocycles. The maximum Gasteiger partial charge on any atom is 0.250 e. The molecule has 2 N–H and O–H groups in total. The van der Waals surface area contributed by atoms with Crippen LogP contribution in [0.2, 0.25) is 0 Å². The van der Waals surface area contributed by atoms with Crippen LogP contribution < -0.4 is 10.0 Å². The lowest BCUT2D eigenvalue weighted by Crippen LogP contribution is -2.33. The molecule has 21 heavy (non-hydrogen) atoms. The van der Waals surface area contributed by atoms with E-state index in [1.807, 2.05) is 6.07 Å². The molecule has 0 spiro atoms. The van der Waals surface area contributed by atoms with Crippen molar-refractivity contribution < 1.29 is 8.42 Å². The van der Waals surface area contributed by atoms with Gasteiger partial charge in [0.1, 0.15) is 4.21 Å². The molecule has 5 nitrogen and oxygen atoms in total. The molecule has 1 aromatic heterocycles. The summed E-state index contributed by atoms with van der Waals surface area (Å²) in [4.78, 5) is 3.32. The second-order valence-electron chi connectivity index (χ2n) is 5.43. The lowest BCUT2D eigenvalue weighted by atomic mass is 10.3. The Morgan fingerprint density at radius 3 is 2.76 bits per heavy atom. The zero-order valence-electron chi connectivity index (χ0n) is 12.8. The molecule has 2 rings (SSSR count). The van der Waals surface area contributed by atoms with Crippen molar-refractivity contribution in [3.8, 4) is 0 Å². The molecule has 0 bridgehead atoms. The molecule has 7 heteroatoms. The van der Waals surface area contributed by atoms with E-state index in [2.05, 4.69) is 28.9 Å². The number of sulfonamides is 1. The average Bonchev–Trinajstić information content (AvgIpc) is 3.18. The molecule has 0 radical (unpaired) electrons. The molecule has 0 unspecified atom stereocenters. The van der Waals surface area contributed by atoms with Crippen molar-refractivity contribution in [1.82, 2.24) is 14.9 Å². The third-order valence-electron chi connectivity index (χ3n) is 3.63. The zero-order chi connectivity index (χ0) is 15.3. The Kier molecular flexibility index (Phi) is 6.19. The van der Waals surface area contributed by atoms with Crippen LogP contribution in [0, 0.1) is 0 Å². The summed E-state index contributed by atoms with van der Waals surface area (Å²) in [6.45, 7) is 5.12. The zero-order valence-corrected chi connectivity index (χ0v) is 14.4. The van der Waals surface area contributed by atoms with Gasteiger partial charge in [0.2, 0.25) is 10.0 Å². The molecule has 0 aromatic carbocycles. The molecular weight excluding hydrogens is 306 g/mol. The summed E-state index contributed by atoms with van der Waals surface area (Å²) < 4.78 is 27.5. The highest BCUT2D eigenvalue weighted by Crippen LogP contribution is 2.25. The predicted molar refractivity (Wildman–Crippen MR) is 87.4 cm³/mol. The highest BCUT2D eigenvalue weighted by Gasteiger charge is 2.26. The SMILES string of the molecule is CCNCCc1ccc(S(=O)(=O)NCCN(C)C2CC2)s1. The van der Waals surface area contributed by atoms with Crippen LogP contribution in [-0.4, -0.2) is 52.6 Å². The fourth-order valence-electron chi connectivity index (χ4n) is 2.15. The normalized spacial score (nSPS) is 15.8. The van der Waals surface area contributed by atoms with Crippen LogP contribution in [0.1, 0.15) is 24.6 Å². The molecule has 1 aliphatic rings. The van der Waals surface area contributed by atoms with Gasteiger partial charge in [-0.3, -0.25) is 0 Å². The van der Waals surface area contributed by atoms with Gasteiger partial charge in [-0.1, -0.05) is 6.92 Å². The highest BCUT2D eigenvalue weighted by atomic mass is 32.2. The molecule has 1 aromatic rings. The van der Waals surface area contributed by atoms with Gasteiger partial charge in [0.05, 0.1) is 0 Å².